The number of sulfonamides is 2. The summed E-state index contributed by atoms with van der Waals surface area (Å²) in [7, 11) is -6.63. The quantitative estimate of drug-likeness (QED) is 0.761. The summed E-state index contributed by atoms with van der Waals surface area (Å²) < 4.78 is 51.2. The molecule has 0 saturated carbocycles. The number of hydrogen-bond acceptors (Lipinski definition) is 5. The molecule has 130 valence electrons. The number of nitrogens with zero attached hydrogens (tertiary/aromatic N) is 2. The zero-order valence-corrected chi connectivity index (χ0v) is 15.0. The van der Waals surface area contributed by atoms with Gasteiger partial charge in [-0.05, 0) is 19.1 Å². The highest BCUT2D eigenvalue weighted by atomic mass is 32.2. The molecule has 9 heteroatoms. The van der Waals surface area contributed by atoms with Gasteiger partial charge in [-0.2, -0.15) is 4.31 Å². The molecule has 2 rings (SSSR count). The minimum Gasteiger partial charge on any atom is -0.299 e. The van der Waals surface area contributed by atoms with Crippen LogP contribution >= 0.6 is 0 Å². The second-order valence-electron chi connectivity index (χ2n) is 5.71. The van der Waals surface area contributed by atoms with Crippen LogP contribution in [0.3, 0.4) is 0 Å². The standard InChI is InChI=1S/C14H23N3O4S2/c1-13-3-5-14(6-4-13)23(20,21)15-7-8-16-9-11-17(12-10-16)22(2,18)19/h3-6,15H,7-12H2,1-2H3. The van der Waals surface area contributed by atoms with Gasteiger partial charge in [0, 0.05) is 39.3 Å². The molecule has 7 nitrogen and oxygen atoms in total. The molecule has 0 amide bonds. The summed E-state index contributed by atoms with van der Waals surface area (Å²) in [4.78, 5) is 2.31. The molecule has 0 bridgehead atoms. The molecule has 0 radical (unpaired) electrons. The SMILES string of the molecule is Cc1ccc(S(=O)(=O)NCCN2CCN(S(C)(=O)=O)CC2)cc1. The Labute approximate surface area is 138 Å². The first-order chi connectivity index (χ1) is 10.7. The van der Waals surface area contributed by atoms with E-state index >= 15 is 0 Å². The maximum atomic E-state index is 12.2. The van der Waals surface area contributed by atoms with E-state index in [9.17, 15) is 16.8 Å². The van der Waals surface area contributed by atoms with Crippen LogP contribution < -0.4 is 4.72 Å². The molecule has 23 heavy (non-hydrogen) atoms. The molecule has 0 aromatic heterocycles. The molecule has 1 aliphatic rings. The Hall–Kier alpha value is -1.00. The summed E-state index contributed by atoms with van der Waals surface area (Å²) in [5, 5.41) is 0. The first kappa shape index (κ1) is 18.3. The van der Waals surface area contributed by atoms with Crippen LogP contribution in [0.4, 0.5) is 0 Å². The number of rotatable bonds is 6. The van der Waals surface area contributed by atoms with E-state index in [1.165, 1.54) is 10.6 Å². The van der Waals surface area contributed by atoms with Gasteiger partial charge in [0.25, 0.3) is 0 Å². The molecule has 1 fully saturated rings. The van der Waals surface area contributed by atoms with E-state index in [0.29, 0.717) is 39.3 Å². The normalized spacial score (nSPS) is 18.2. The van der Waals surface area contributed by atoms with E-state index in [-0.39, 0.29) is 4.90 Å². The summed E-state index contributed by atoms with van der Waals surface area (Å²) in [6, 6.07) is 6.70. The third-order valence-corrected chi connectivity index (χ3v) is 6.63. The van der Waals surface area contributed by atoms with Crippen molar-refractivity contribution in [3.63, 3.8) is 0 Å². The molecule has 1 saturated heterocycles. The average Bonchev–Trinajstić information content (AvgIpc) is 2.47. The minimum absolute atomic E-state index is 0.255. The number of piperazine rings is 1. The van der Waals surface area contributed by atoms with Crippen molar-refractivity contribution in [2.24, 2.45) is 0 Å². The van der Waals surface area contributed by atoms with Gasteiger partial charge in [-0.25, -0.2) is 21.6 Å². The molecule has 0 unspecified atom stereocenters. The highest BCUT2D eigenvalue weighted by Gasteiger charge is 2.23. The first-order valence-electron chi connectivity index (χ1n) is 7.42. The maximum absolute atomic E-state index is 12.2. The van der Waals surface area contributed by atoms with Gasteiger partial charge in [0.05, 0.1) is 11.2 Å². The second kappa shape index (κ2) is 7.27. The maximum Gasteiger partial charge on any atom is 0.240 e. The van der Waals surface area contributed by atoms with Gasteiger partial charge in [-0.1, -0.05) is 17.7 Å². The summed E-state index contributed by atoms with van der Waals surface area (Å²) in [5.41, 5.74) is 1.01. The Morgan fingerprint density at radius 2 is 1.57 bits per heavy atom. The second-order valence-corrected chi connectivity index (χ2v) is 9.46. The fourth-order valence-corrected chi connectivity index (χ4v) is 4.27. The highest BCUT2D eigenvalue weighted by Crippen LogP contribution is 2.10. The number of aryl methyl sites for hydroxylation is 1. The van der Waals surface area contributed by atoms with Crippen molar-refractivity contribution in [3.05, 3.63) is 29.8 Å². The van der Waals surface area contributed by atoms with Crippen molar-refractivity contribution < 1.29 is 16.8 Å². The van der Waals surface area contributed by atoms with Crippen LogP contribution in [0.15, 0.2) is 29.2 Å². The lowest BCUT2D eigenvalue weighted by Gasteiger charge is -2.33. The largest absolute Gasteiger partial charge is 0.299 e. The topological polar surface area (TPSA) is 86.8 Å². The minimum atomic E-state index is -3.49. The van der Waals surface area contributed by atoms with Crippen molar-refractivity contribution in [2.75, 3.05) is 45.5 Å². The van der Waals surface area contributed by atoms with Gasteiger partial charge >= 0.3 is 0 Å². The Bertz CT molecular complexity index is 722. The zero-order chi connectivity index (χ0) is 17.1. The van der Waals surface area contributed by atoms with Crippen LogP contribution in [0, 0.1) is 6.92 Å². The molecule has 1 aliphatic heterocycles. The lowest BCUT2D eigenvalue weighted by atomic mass is 10.2. The average molecular weight is 361 g/mol. The fourth-order valence-electron chi connectivity index (χ4n) is 2.42. The summed E-state index contributed by atoms with van der Waals surface area (Å²) >= 11 is 0. The summed E-state index contributed by atoms with van der Waals surface area (Å²) in [6.45, 7) is 4.88. The molecule has 0 spiro atoms. The van der Waals surface area contributed by atoms with Crippen LogP contribution in [-0.4, -0.2) is 71.6 Å². The molecule has 1 aromatic carbocycles. The van der Waals surface area contributed by atoms with Crippen LogP contribution in [0.2, 0.25) is 0 Å². The molecular formula is C14H23N3O4S2. The lowest BCUT2D eigenvalue weighted by molar-refractivity contribution is 0.192. The van der Waals surface area contributed by atoms with E-state index in [1.54, 1.807) is 24.3 Å². The van der Waals surface area contributed by atoms with Gasteiger partial charge < -0.3 is 0 Å². The zero-order valence-electron chi connectivity index (χ0n) is 13.4. The van der Waals surface area contributed by atoms with Gasteiger partial charge in [0.15, 0.2) is 0 Å². The molecule has 1 heterocycles. The fraction of sp³-hybridized carbons (Fsp3) is 0.571. The summed E-state index contributed by atoms with van der Waals surface area (Å²) in [6.07, 6.45) is 1.21. The first-order valence-corrected chi connectivity index (χ1v) is 10.8. The van der Waals surface area contributed by atoms with Crippen molar-refractivity contribution in [2.45, 2.75) is 11.8 Å². The third kappa shape index (κ3) is 5.25. The number of hydrogen-bond donors (Lipinski definition) is 1. The van der Waals surface area contributed by atoms with E-state index in [0.717, 1.165) is 5.56 Å². The molecule has 0 aliphatic carbocycles. The smallest absolute Gasteiger partial charge is 0.240 e. The molecular weight excluding hydrogens is 338 g/mol. The predicted molar refractivity (Wildman–Crippen MR) is 89.2 cm³/mol. The highest BCUT2D eigenvalue weighted by molar-refractivity contribution is 7.89. The van der Waals surface area contributed by atoms with E-state index in [2.05, 4.69) is 9.62 Å². The van der Waals surface area contributed by atoms with Crippen molar-refractivity contribution in [1.82, 2.24) is 13.9 Å². The van der Waals surface area contributed by atoms with Gasteiger partial charge in [-0.3, -0.25) is 4.90 Å². The Kier molecular flexibility index (Phi) is 5.79. The Morgan fingerprint density at radius 3 is 2.09 bits per heavy atom. The lowest BCUT2D eigenvalue weighted by Crippen LogP contribution is -2.49. The number of nitrogens with one attached hydrogen (secondary N) is 1. The third-order valence-electron chi connectivity index (χ3n) is 3.85. The van der Waals surface area contributed by atoms with E-state index in [1.807, 2.05) is 6.92 Å². The van der Waals surface area contributed by atoms with E-state index in [4.69, 9.17) is 0 Å². The van der Waals surface area contributed by atoms with Crippen molar-refractivity contribution in [3.8, 4) is 0 Å². The predicted octanol–water partition coefficient (Wildman–Crippen LogP) is -0.149. The van der Waals surface area contributed by atoms with Gasteiger partial charge in [-0.15, -0.1) is 0 Å². The Morgan fingerprint density at radius 1 is 1.00 bits per heavy atom. The van der Waals surface area contributed by atoms with Crippen LogP contribution in [0.5, 0.6) is 0 Å². The Balaban J connectivity index is 1.80. The van der Waals surface area contributed by atoms with Crippen molar-refractivity contribution >= 4 is 20.0 Å². The molecule has 1 aromatic rings. The van der Waals surface area contributed by atoms with Gasteiger partial charge in [0.1, 0.15) is 0 Å². The van der Waals surface area contributed by atoms with Gasteiger partial charge in [0.2, 0.25) is 20.0 Å². The van der Waals surface area contributed by atoms with Crippen LogP contribution in [0.1, 0.15) is 5.56 Å². The van der Waals surface area contributed by atoms with Crippen LogP contribution in [0.25, 0.3) is 0 Å². The monoisotopic (exact) mass is 361 g/mol. The number of benzene rings is 1. The molecule has 1 N–H and O–H groups in total. The molecule has 0 atom stereocenters. The van der Waals surface area contributed by atoms with Crippen LogP contribution in [-0.2, 0) is 20.0 Å². The van der Waals surface area contributed by atoms with E-state index < -0.39 is 20.0 Å². The summed E-state index contributed by atoms with van der Waals surface area (Å²) in [5.74, 6) is 0. The van der Waals surface area contributed by atoms with Crippen molar-refractivity contribution in [1.29, 1.82) is 0 Å².